The monoisotopic (exact) mass is 381 g/mol. The smallest absolute Gasteiger partial charge is 0.253 e. The number of halogens is 1. The molecule has 0 unspecified atom stereocenters. The zero-order valence-electron chi connectivity index (χ0n) is 11.4. The molecule has 0 saturated heterocycles. The molecule has 0 fully saturated rings. The number of benzene rings is 2. The van der Waals surface area contributed by atoms with Crippen molar-refractivity contribution in [1.29, 1.82) is 0 Å². The molecule has 4 nitrogen and oxygen atoms in total. The second kappa shape index (κ2) is 6.13. The van der Waals surface area contributed by atoms with Gasteiger partial charge >= 0.3 is 0 Å². The molecule has 0 atom stereocenters. The predicted octanol–water partition coefficient (Wildman–Crippen LogP) is 3.32. The Bertz CT molecular complexity index is 624. The van der Waals surface area contributed by atoms with Gasteiger partial charge in [0.25, 0.3) is 5.91 Å². The second-order valence-corrected chi connectivity index (χ2v) is 5.88. The van der Waals surface area contributed by atoms with Crippen LogP contribution in [0.1, 0.15) is 10.4 Å². The van der Waals surface area contributed by atoms with Crippen molar-refractivity contribution in [2.24, 2.45) is 0 Å². The van der Waals surface area contributed by atoms with Gasteiger partial charge in [0.15, 0.2) is 0 Å². The van der Waals surface area contributed by atoms with Crippen molar-refractivity contribution in [2.45, 2.75) is 0 Å². The van der Waals surface area contributed by atoms with E-state index in [-0.39, 0.29) is 5.91 Å². The van der Waals surface area contributed by atoms with Crippen LogP contribution in [0.5, 0.6) is 0 Å². The zero-order valence-corrected chi connectivity index (χ0v) is 13.5. The largest absolute Gasteiger partial charge is 0.397 e. The van der Waals surface area contributed by atoms with Crippen molar-refractivity contribution in [3.8, 4) is 0 Å². The molecule has 2 rings (SSSR count). The van der Waals surface area contributed by atoms with Crippen LogP contribution in [0.15, 0.2) is 42.5 Å². The normalized spacial score (nSPS) is 10.2. The molecule has 0 aliphatic carbocycles. The first-order valence-corrected chi connectivity index (χ1v) is 7.19. The zero-order chi connectivity index (χ0) is 14.7. The predicted molar refractivity (Wildman–Crippen MR) is 91.3 cm³/mol. The lowest BCUT2D eigenvalue weighted by molar-refractivity contribution is 0.0827. The number of nitrogens with two attached hydrogens (primary N) is 1. The summed E-state index contributed by atoms with van der Waals surface area (Å²) in [6.07, 6.45) is 0. The van der Waals surface area contributed by atoms with Gasteiger partial charge < -0.3 is 16.0 Å². The Balaban J connectivity index is 2.22. The first kappa shape index (κ1) is 14.6. The summed E-state index contributed by atoms with van der Waals surface area (Å²) in [5.41, 5.74) is 8.89. The number of nitrogen functional groups attached to an aromatic ring is 1. The minimum Gasteiger partial charge on any atom is -0.397 e. The highest BCUT2D eigenvalue weighted by atomic mass is 127. The van der Waals surface area contributed by atoms with Crippen molar-refractivity contribution in [3.63, 3.8) is 0 Å². The summed E-state index contributed by atoms with van der Waals surface area (Å²) in [7, 11) is 3.44. The molecular formula is C15H16IN3O. The van der Waals surface area contributed by atoms with E-state index < -0.39 is 0 Å². The van der Waals surface area contributed by atoms with E-state index in [1.165, 1.54) is 8.47 Å². The molecule has 0 bridgehead atoms. The maximum Gasteiger partial charge on any atom is 0.253 e. The highest BCUT2D eigenvalue weighted by Gasteiger charge is 2.10. The lowest BCUT2D eigenvalue weighted by Crippen LogP contribution is -2.21. The molecule has 3 N–H and O–H groups in total. The topological polar surface area (TPSA) is 58.4 Å². The molecule has 0 aromatic heterocycles. The van der Waals surface area contributed by atoms with E-state index >= 15 is 0 Å². The van der Waals surface area contributed by atoms with E-state index in [2.05, 4.69) is 27.9 Å². The Labute approximate surface area is 132 Å². The van der Waals surface area contributed by atoms with Crippen LogP contribution in [0.25, 0.3) is 0 Å². The molecule has 0 spiro atoms. The summed E-state index contributed by atoms with van der Waals surface area (Å²) in [6.45, 7) is 0. The van der Waals surface area contributed by atoms with E-state index in [0.29, 0.717) is 11.3 Å². The third-order valence-electron chi connectivity index (χ3n) is 2.83. The summed E-state index contributed by atoms with van der Waals surface area (Å²) < 4.78 is 1.17. The van der Waals surface area contributed by atoms with E-state index in [0.717, 1.165) is 11.4 Å². The van der Waals surface area contributed by atoms with Crippen molar-refractivity contribution in [3.05, 3.63) is 51.6 Å². The summed E-state index contributed by atoms with van der Waals surface area (Å²) in [5.74, 6) is -0.0579. The summed E-state index contributed by atoms with van der Waals surface area (Å²) in [4.78, 5) is 13.4. The molecular weight excluding hydrogens is 365 g/mol. The Kier molecular flexibility index (Phi) is 4.49. The minimum atomic E-state index is -0.0579. The van der Waals surface area contributed by atoms with Crippen LogP contribution in [0, 0.1) is 3.57 Å². The number of hydrogen-bond acceptors (Lipinski definition) is 3. The van der Waals surface area contributed by atoms with Crippen LogP contribution in [0.3, 0.4) is 0 Å². The Morgan fingerprint density at radius 2 is 1.80 bits per heavy atom. The van der Waals surface area contributed by atoms with E-state index in [4.69, 9.17) is 5.73 Å². The van der Waals surface area contributed by atoms with Crippen molar-refractivity contribution >= 4 is 45.6 Å². The first-order chi connectivity index (χ1) is 9.47. The molecule has 1 amide bonds. The van der Waals surface area contributed by atoms with Gasteiger partial charge in [0.05, 0.1) is 11.4 Å². The van der Waals surface area contributed by atoms with Crippen molar-refractivity contribution in [2.75, 3.05) is 25.1 Å². The van der Waals surface area contributed by atoms with Gasteiger partial charge in [-0.2, -0.15) is 0 Å². The molecule has 2 aromatic rings. The number of nitrogens with one attached hydrogen (secondary N) is 1. The van der Waals surface area contributed by atoms with Crippen molar-refractivity contribution in [1.82, 2.24) is 4.90 Å². The second-order valence-electron chi connectivity index (χ2n) is 4.63. The molecule has 2 aromatic carbocycles. The van der Waals surface area contributed by atoms with E-state index in [9.17, 15) is 4.79 Å². The number of nitrogens with zero attached hydrogens (tertiary/aromatic N) is 1. The minimum absolute atomic E-state index is 0.0579. The number of rotatable bonds is 3. The Morgan fingerprint density at radius 1 is 1.15 bits per heavy atom. The van der Waals surface area contributed by atoms with Crippen LogP contribution in [0.2, 0.25) is 0 Å². The van der Waals surface area contributed by atoms with Gasteiger partial charge in [0.2, 0.25) is 0 Å². The highest BCUT2D eigenvalue weighted by Crippen LogP contribution is 2.25. The van der Waals surface area contributed by atoms with E-state index in [1.807, 2.05) is 30.3 Å². The third kappa shape index (κ3) is 3.41. The molecule has 0 radical (unpaired) electrons. The maximum atomic E-state index is 11.9. The van der Waals surface area contributed by atoms with Gasteiger partial charge in [-0.05, 0) is 65.1 Å². The van der Waals surface area contributed by atoms with Gasteiger partial charge in [0.1, 0.15) is 0 Å². The molecule has 0 aliphatic heterocycles. The van der Waals surface area contributed by atoms with Gasteiger partial charge in [-0.3, -0.25) is 4.79 Å². The lowest BCUT2D eigenvalue weighted by Gasteiger charge is -2.13. The number of amides is 1. The van der Waals surface area contributed by atoms with Gasteiger partial charge in [0, 0.05) is 28.9 Å². The van der Waals surface area contributed by atoms with Crippen LogP contribution in [-0.4, -0.2) is 24.9 Å². The first-order valence-electron chi connectivity index (χ1n) is 6.11. The number of carbonyl (C=O) groups excluding carboxylic acids is 1. The molecule has 5 heteroatoms. The van der Waals surface area contributed by atoms with Crippen LogP contribution < -0.4 is 11.1 Å². The fourth-order valence-corrected chi connectivity index (χ4v) is 2.12. The Morgan fingerprint density at radius 3 is 2.35 bits per heavy atom. The maximum absolute atomic E-state index is 11.9. The van der Waals surface area contributed by atoms with Gasteiger partial charge in [-0.15, -0.1) is 0 Å². The fourth-order valence-electron chi connectivity index (χ4n) is 1.76. The average Bonchev–Trinajstić information content (AvgIpc) is 2.42. The average molecular weight is 381 g/mol. The molecule has 0 aliphatic rings. The van der Waals surface area contributed by atoms with E-state index in [1.54, 1.807) is 26.2 Å². The fraction of sp³-hybridized carbons (Fsp3) is 0.133. The highest BCUT2D eigenvalue weighted by molar-refractivity contribution is 14.1. The molecule has 0 heterocycles. The van der Waals surface area contributed by atoms with Crippen LogP contribution >= 0.6 is 22.6 Å². The Hall–Kier alpha value is -1.76. The summed E-state index contributed by atoms with van der Waals surface area (Å²) in [5, 5.41) is 3.24. The van der Waals surface area contributed by atoms with Crippen molar-refractivity contribution < 1.29 is 4.79 Å². The number of anilines is 3. The summed E-state index contributed by atoms with van der Waals surface area (Å²) in [6, 6.07) is 13.3. The van der Waals surface area contributed by atoms with Crippen LogP contribution in [-0.2, 0) is 0 Å². The number of hydrogen-bond donors (Lipinski definition) is 2. The number of carbonyl (C=O) groups is 1. The molecule has 0 saturated carbocycles. The standard InChI is InChI=1S/C15H16IN3O/c1-19(2)15(20)10-3-8-14(13(17)9-10)18-12-6-4-11(16)5-7-12/h3-9,18H,17H2,1-2H3. The summed E-state index contributed by atoms with van der Waals surface area (Å²) >= 11 is 2.26. The molecule has 20 heavy (non-hydrogen) atoms. The SMILES string of the molecule is CN(C)C(=O)c1ccc(Nc2ccc(I)cc2)c(N)c1. The quantitative estimate of drug-likeness (QED) is 0.634. The van der Waals surface area contributed by atoms with Gasteiger partial charge in [-0.1, -0.05) is 0 Å². The van der Waals surface area contributed by atoms with Crippen LogP contribution in [0.4, 0.5) is 17.1 Å². The lowest BCUT2D eigenvalue weighted by atomic mass is 10.1. The molecule has 104 valence electrons. The third-order valence-corrected chi connectivity index (χ3v) is 3.55. The van der Waals surface area contributed by atoms with Gasteiger partial charge in [-0.25, -0.2) is 0 Å².